The number of nitrogens with one attached hydrogen (secondary N) is 1. The van der Waals surface area contributed by atoms with Crippen LogP contribution in [0.3, 0.4) is 0 Å². The van der Waals surface area contributed by atoms with Gasteiger partial charge in [-0.3, -0.25) is 4.79 Å². The van der Waals surface area contributed by atoms with Crippen molar-refractivity contribution in [3.63, 3.8) is 0 Å². The molecule has 76 valence electrons. The number of rotatable bonds is 1. The van der Waals surface area contributed by atoms with Crippen LogP contribution in [0.1, 0.15) is 33.6 Å². The van der Waals surface area contributed by atoms with Crippen LogP contribution in [0.4, 0.5) is 0 Å². The van der Waals surface area contributed by atoms with Crippen molar-refractivity contribution >= 4 is 5.91 Å². The predicted octanol–water partition coefficient (Wildman–Crippen LogP) is 1.33. The maximum atomic E-state index is 11.6. The van der Waals surface area contributed by atoms with E-state index in [1.807, 2.05) is 20.8 Å². The zero-order valence-electron chi connectivity index (χ0n) is 8.72. The second kappa shape index (κ2) is 4.09. The molecule has 0 aromatic heterocycles. The summed E-state index contributed by atoms with van der Waals surface area (Å²) < 4.78 is 5.26. The van der Waals surface area contributed by atoms with Crippen LogP contribution in [-0.4, -0.2) is 24.7 Å². The maximum Gasteiger partial charge on any atom is 0.225 e. The Morgan fingerprint density at radius 2 is 2.15 bits per heavy atom. The quantitative estimate of drug-likeness (QED) is 0.669. The van der Waals surface area contributed by atoms with Gasteiger partial charge in [0.15, 0.2) is 0 Å². The van der Waals surface area contributed by atoms with Crippen molar-refractivity contribution in [3.8, 4) is 0 Å². The van der Waals surface area contributed by atoms with Crippen molar-refractivity contribution in [3.05, 3.63) is 0 Å². The third-order valence-corrected chi connectivity index (χ3v) is 2.03. The Morgan fingerprint density at radius 3 is 2.62 bits per heavy atom. The molecule has 0 aromatic carbocycles. The molecule has 1 fully saturated rings. The Bertz CT molecular complexity index is 178. The number of amides is 1. The fourth-order valence-electron chi connectivity index (χ4n) is 1.42. The summed E-state index contributed by atoms with van der Waals surface area (Å²) in [5.41, 5.74) is -0.130. The van der Waals surface area contributed by atoms with Crippen molar-refractivity contribution in [1.82, 2.24) is 5.32 Å². The Kier molecular flexibility index (Phi) is 3.31. The molecule has 3 nitrogen and oxygen atoms in total. The van der Waals surface area contributed by atoms with E-state index in [2.05, 4.69) is 5.32 Å². The van der Waals surface area contributed by atoms with Crippen molar-refractivity contribution < 1.29 is 9.53 Å². The third kappa shape index (κ3) is 3.77. The normalized spacial score (nSPS) is 24.1. The number of hydrogen-bond acceptors (Lipinski definition) is 2. The van der Waals surface area contributed by atoms with Gasteiger partial charge >= 0.3 is 0 Å². The first-order valence-electron chi connectivity index (χ1n) is 4.89. The molecule has 13 heavy (non-hydrogen) atoms. The molecule has 0 bridgehead atoms. The Morgan fingerprint density at radius 1 is 1.46 bits per heavy atom. The first-order chi connectivity index (χ1) is 5.99. The number of carbonyl (C=O) groups is 1. The molecular weight excluding hydrogens is 166 g/mol. The summed E-state index contributed by atoms with van der Waals surface area (Å²) in [6.07, 6.45) is 1.96. The van der Waals surface area contributed by atoms with Crippen molar-refractivity contribution in [2.24, 2.45) is 5.92 Å². The minimum Gasteiger partial charge on any atom is -0.381 e. The molecule has 0 spiro atoms. The summed E-state index contributed by atoms with van der Waals surface area (Å²) in [5.74, 6) is 0.195. The lowest BCUT2D eigenvalue weighted by molar-refractivity contribution is -0.130. The zero-order valence-corrected chi connectivity index (χ0v) is 8.72. The van der Waals surface area contributed by atoms with Crippen LogP contribution >= 0.6 is 0 Å². The van der Waals surface area contributed by atoms with E-state index in [0.29, 0.717) is 6.61 Å². The monoisotopic (exact) mass is 185 g/mol. The van der Waals surface area contributed by atoms with Gasteiger partial charge in [0.25, 0.3) is 0 Å². The lowest BCUT2D eigenvalue weighted by atomic mass is 9.99. The van der Waals surface area contributed by atoms with E-state index in [0.717, 1.165) is 19.4 Å². The van der Waals surface area contributed by atoms with Crippen LogP contribution in [0.2, 0.25) is 0 Å². The lowest BCUT2D eigenvalue weighted by Crippen LogP contribution is -2.45. The highest BCUT2D eigenvalue weighted by atomic mass is 16.5. The average molecular weight is 185 g/mol. The molecule has 0 saturated carbocycles. The van der Waals surface area contributed by atoms with Crippen LogP contribution in [-0.2, 0) is 9.53 Å². The first kappa shape index (κ1) is 10.5. The van der Waals surface area contributed by atoms with E-state index in [9.17, 15) is 4.79 Å². The van der Waals surface area contributed by atoms with Crippen LogP contribution < -0.4 is 5.32 Å². The molecule has 1 aliphatic rings. The minimum absolute atomic E-state index is 0.0629. The number of ether oxygens (including phenoxy) is 1. The second-order valence-corrected chi connectivity index (χ2v) is 4.65. The van der Waals surface area contributed by atoms with E-state index in [1.54, 1.807) is 0 Å². The molecule has 1 N–H and O–H groups in total. The smallest absolute Gasteiger partial charge is 0.225 e. The molecule has 1 amide bonds. The molecule has 0 aromatic rings. The van der Waals surface area contributed by atoms with Crippen LogP contribution in [0.15, 0.2) is 0 Å². The summed E-state index contributed by atoms with van der Waals surface area (Å²) in [7, 11) is 0. The van der Waals surface area contributed by atoms with Gasteiger partial charge in [0, 0.05) is 12.1 Å². The van der Waals surface area contributed by atoms with Crippen LogP contribution in [0.25, 0.3) is 0 Å². The number of hydrogen-bond donors (Lipinski definition) is 1. The number of carbonyl (C=O) groups excluding carboxylic acids is 1. The molecule has 0 aliphatic carbocycles. The molecule has 3 heteroatoms. The van der Waals surface area contributed by atoms with Gasteiger partial charge in [-0.25, -0.2) is 0 Å². The SMILES string of the molecule is CC(C)(C)NC(=O)C1CCCOC1. The molecule has 1 rings (SSSR count). The van der Waals surface area contributed by atoms with E-state index in [-0.39, 0.29) is 17.4 Å². The Hall–Kier alpha value is -0.570. The largest absolute Gasteiger partial charge is 0.381 e. The molecule has 1 saturated heterocycles. The topological polar surface area (TPSA) is 38.3 Å². The molecule has 1 unspecified atom stereocenters. The predicted molar refractivity (Wildman–Crippen MR) is 51.4 cm³/mol. The zero-order chi connectivity index (χ0) is 9.90. The molecule has 0 radical (unpaired) electrons. The third-order valence-electron chi connectivity index (χ3n) is 2.03. The highest BCUT2D eigenvalue weighted by Gasteiger charge is 2.24. The standard InChI is InChI=1S/C10H19NO2/c1-10(2,3)11-9(12)8-5-4-6-13-7-8/h8H,4-7H2,1-3H3,(H,11,12). The fraction of sp³-hybridized carbons (Fsp3) is 0.900. The molecular formula is C10H19NO2. The lowest BCUT2D eigenvalue weighted by Gasteiger charge is -2.26. The minimum atomic E-state index is -0.130. The highest BCUT2D eigenvalue weighted by Crippen LogP contribution is 2.14. The Balaban J connectivity index is 2.38. The summed E-state index contributed by atoms with van der Waals surface area (Å²) in [5, 5.41) is 2.97. The molecule has 1 atom stereocenters. The summed E-state index contributed by atoms with van der Waals surface area (Å²) in [4.78, 5) is 11.6. The van der Waals surface area contributed by atoms with Gasteiger partial charge < -0.3 is 10.1 Å². The van der Waals surface area contributed by atoms with Gasteiger partial charge in [0.1, 0.15) is 0 Å². The molecule has 1 heterocycles. The van der Waals surface area contributed by atoms with Crippen molar-refractivity contribution in [1.29, 1.82) is 0 Å². The second-order valence-electron chi connectivity index (χ2n) is 4.65. The van der Waals surface area contributed by atoms with E-state index < -0.39 is 0 Å². The first-order valence-corrected chi connectivity index (χ1v) is 4.89. The fourth-order valence-corrected chi connectivity index (χ4v) is 1.42. The average Bonchev–Trinajstić information content (AvgIpc) is 2.03. The van der Waals surface area contributed by atoms with E-state index in [1.165, 1.54) is 0 Å². The summed E-state index contributed by atoms with van der Waals surface area (Å²) in [6, 6.07) is 0. The molecule has 1 aliphatic heterocycles. The van der Waals surface area contributed by atoms with Gasteiger partial charge in [0.05, 0.1) is 12.5 Å². The van der Waals surface area contributed by atoms with Gasteiger partial charge in [-0.2, -0.15) is 0 Å². The van der Waals surface area contributed by atoms with E-state index >= 15 is 0 Å². The highest BCUT2D eigenvalue weighted by molar-refractivity contribution is 5.79. The van der Waals surface area contributed by atoms with Gasteiger partial charge in [-0.1, -0.05) is 0 Å². The van der Waals surface area contributed by atoms with Gasteiger partial charge in [-0.15, -0.1) is 0 Å². The Labute approximate surface area is 79.8 Å². The maximum absolute atomic E-state index is 11.6. The summed E-state index contributed by atoms with van der Waals surface area (Å²) >= 11 is 0. The van der Waals surface area contributed by atoms with Gasteiger partial charge in [0.2, 0.25) is 5.91 Å². The van der Waals surface area contributed by atoms with Crippen molar-refractivity contribution in [2.45, 2.75) is 39.2 Å². The summed E-state index contributed by atoms with van der Waals surface area (Å²) in [6.45, 7) is 7.37. The van der Waals surface area contributed by atoms with Gasteiger partial charge in [-0.05, 0) is 33.6 Å². The van der Waals surface area contributed by atoms with Crippen LogP contribution in [0, 0.1) is 5.92 Å². The van der Waals surface area contributed by atoms with E-state index in [4.69, 9.17) is 4.74 Å². The van der Waals surface area contributed by atoms with Crippen molar-refractivity contribution in [2.75, 3.05) is 13.2 Å². The van der Waals surface area contributed by atoms with Crippen LogP contribution in [0.5, 0.6) is 0 Å².